The second-order valence-corrected chi connectivity index (χ2v) is 4.63. The lowest BCUT2D eigenvalue weighted by Gasteiger charge is -2.11. The van der Waals surface area contributed by atoms with Crippen molar-refractivity contribution in [2.24, 2.45) is 0 Å². The molecule has 0 aliphatic heterocycles. The third-order valence-corrected chi connectivity index (χ3v) is 3.40. The minimum Gasteiger partial charge on any atom is -0.508 e. The van der Waals surface area contributed by atoms with Gasteiger partial charge in [-0.15, -0.1) is 0 Å². The van der Waals surface area contributed by atoms with Crippen LogP contribution in [0.15, 0.2) is 48.7 Å². The standard InChI is InChI=1S/C17H15NO3/c1-20-16-9-14-13(11-4-3-5-12(19)8-11)6-7-18-15(14)10-17(16)21-2/h3-10,19H,1-2H3. The van der Waals surface area contributed by atoms with E-state index in [1.54, 1.807) is 32.5 Å². The molecule has 4 heteroatoms. The van der Waals surface area contributed by atoms with Crippen LogP contribution in [0.3, 0.4) is 0 Å². The normalized spacial score (nSPS) is 10.6. The van der Waals surface area contributed by atoms with Crippen molar-refractivity contribution in [3.63, 3.8) is 0 Å². The summed E-state index contributed by atoms with van der Waals surface area (Å²) in [6, 6.07) is 12.8. The van der Waals surface area contributed by atoms with Gasteiger partial charge in [-0.1, -0.05) is 12.1 Å². The number of benzene rings is 2. The number of nitrogens with zero attached hydrogens (tertiary/aromatic N) is 1. The highest BCUT2D eigenvalue weighted by Crippen LogP contribution is 2.36. The molecule has 2 aromatic carbocycles. The number of ether oxygens (including phenoxy) is 2. The third-order valence-electron chi connectivity index (χ3n) is 3.40. The number of hydrogen-bond donors (Lipinski definition) is 1. The van der Waals surface area contributed by atoms with E-state index in [0.717, 1.165) is 22.0 Å². The quantitative estimate of drug-likeness (QED) is 0.796. The number of aromatic hydroxyl groups is 1. The molecule has 0 bridgehead atoms. The number of phenolic OH excluding ortho intramolecular Hbond substituents is 1. The summed E-state index contributed by atoms with van der Waals surface area (Å²) < 4.78 is 10.7. The van der Waals surface area contributed by atoms with Crippen LogP contribution < -0.4 is 9.47 Å². The molecular weight excluding hydrogens is 266 g/mol. The molecule has 3 rings (SSSR count). The van der Waals surface area contributed by atoms with Crippen molar-refractivity contribution >= 4 is 10.9 Å². The lowest BCUT2D eigenvalue weighted by atomic mass is 10.0. The van der Waals surface area contributed by atoms with Crippen LogP contribution in [0.5, 0.6) is 17.2 Å². The molecule has 1 heterocycles. The molecule has 0 radical (unpaired) electrons. The molecule has 0 spiro atoms. The Morgan fingerprint density at radius 2 is 1.71 bits per heavy atom. The van der Waals surface area contributed by atoms with Gasteiger partial charge in [0.15, 0.2) is 11.5 Å². The maximum Gasteiger partial charge on any atom is 0.162 e. The Balaban J connectivity index is 2.28. The predicted octanol–water partition coefficient (Wildman–Crippen LogP) is 3.62. The van der Waals surface area contributed by atoms with Gasteiger partial charge in [0.1, 0.15) is 5.75 Å². The maximum atomic E-state index is 9.67. The SMILES string of the molecule is COc1cc2nccc(-c3cccc(O)c3)c2cc1OC. The Morgan fingerprint density at radius 3 is 2.43 bits per heavy atom. The Labute approximate surface area is 122 Å². The van der Waals surface area contributed by atoms with Gasteiger partial charge in [0.2, 0.25) is 0 Å². The fourth-order valence-electron chi connectivity index (χ4n) is 2.40. The maximum absolute atomic E-state index is 9.67. The number of phenols is 1. The lowest BCUT2D eigenvalue weighted by Crippen LogP contribution is -1.92. The highest BCUT2D eigenvalue weighted by atomic mass is 16.5. The average molecular weight is 281 g/mol. The fourth-order valence-corrected chi connectivity index (χ4v) is 2.40. The van der Waals surface area contributed by atoms with Gasteiger partial charge < -0.3 is 14.6 Å². The molecule has 106 valence electrons. The van der Waals surface area contributed by atoms with Crippen LogP contribution in [-0.4, -0.2) is 24.3 Å². The molecular formula is C17H15NO3. The topological polar surface area (TPSA) is 51.6 Å². The number of methoxy groups -OCH3 is 2. The van der Waals surface area contributed by atoms with Gasteiger partial charge in [-0.2, -0.15) is 0 Å². The van der Waals surface area contributed by atoms with Gasteiger partial charge in [-0.05, 0) is 35.4 Å². The summed E-state index contributed by atoms with van der Waals surface area (Å²) in [7, 11) is 3.21. The second kappa shape index (κ2) is 5.32. The molecule has 0 amide bonds. The molecule has 3 aromatic rings. The number of rotatable bonds is 3. The van der Waals surface area contributed by atoms with Gasteiger partial charge in [0.05, 0.1) is 19.7 Å². The first-order valence-corrected chi connectivity index (χ1v) is 6.53. The number of aromatic nitrogens is 1. The van der Waals surface area contributed by atoms with Crippen LogP contribution in [0.25, 0.3) is 22.0 Å². The van der Waals surface area contributed by atoms with E-state index in [1.807, 2.05) is 30.3 Å². The van der Waals surface area contributed by atoms with Gasteiger partial charge in [-0.3, -0.25) is 4.98 Å². The van der Waals surface area contributed by atoms with Crippen molar-refractivity contribution in [1.29, 1.82) is 0 Å². The van der Waals surface area contributed by atoms with Crippen molar-refractivity contribution in [3.8, 4) is 28.4 Å². The van der Waals surface area contributed by atoms with E-state index < -0.39 is 0 Å². The first-order valence-electron chi connectivity index (χ1n) is 6.53. The molecule has 0 aliphatic rings. The molecule has 0 aliphatic carbocycles. The van der Waals surface area contributed by atoms with E-state index in [1.165, 1.54) is 0 Å². The van der Waals surface area contributed by atoms with Crippen molar-refractivity contribution in [2.45, 2.75) is 0 Å². The summed E-state index contributed by atoms with van der Waals surface area (Å²) >= 11 is 0. The van der Waals surface area contributed by atoms with Crippen LogP contribution in [0.4, 0.5) is 0 Å². The molecule has 0 saturated heterocycles. The Bertz CT molecular complexity index is 799. The van der Waals surface area contributed by atoms with Crippen LogP contribution >= 0.6 is 0 Å². The number of fused-ring (bicyclic) bond motifs is 1. The zero-order chi connectivity index (χ0) is 14.8. The zero-order valence-electron chi connectivity index (χ0n) is 11.8. The zero-order valence-corrected chi connectivity index (χ0v) is 11.8. The first-order chi connectivity index (χ1) is 10.2. The van der Waals surface area contributed by atoms with E-state index in [-0.39, 0.29) is 5.75 Å². The van der Waals surface area contributed by atoms with Crippen LogP contribution in [0.1, 0.15) is 0 Å². The molecule has 21 heavy (non-hydrogen) atoms. The van der Waals surface area contributed by atoms with Crippen molar-refractivity contribution < 1.29 is 14.6 Å². The van der Waals surface area contributed by atoms with Crippen LogP contribution in [0, 0.1) is 0 Å². The highest BCUT2D eigenvalue weighted by molar-refractivity contribution is 5.96. The Morgan fingerprint density at radius 1 is 0.952 bits per heavy atom. The second-order valence-electron chi connectivity index (χ2n) is 4.63. The summed E-state index contributed by atoms with van der Waals surface area (Å²) in [6.45, 7) is 0. The molecule has 0 unspecified atom stereocenters. The molecule has 1 N–H and O–H groups in total. The van der Waals surface area contributed by atoms with Gasteiger partial charge in [0.25, 0.3) is 0 Å². The van der Waals surface area contributed by atoms with E-state index in [9.17, 15) is 5.11 Å². The van der Waals surface area contributed by atoms with E-state index in [4.69, 9.17) is 9.47 Å². The Hall–Kier alpha value is -2.75. The highest BCUT2D eigenvalue weighted by Gasteiger charge is 2.11. The average Bonchev–Trinajstić information content (AvgIpc) is 2.52. The number of hydrogen-bond acceptors (Lipinski definition) is 4. The monoisotopic (exact) mass is 281 g/mol. The Kier molecular flexibility index (Phi) is 3.36. The first kappa shape index (κ1) is 13.2. The molecule has 4 nitrogen and oxygen atoms in total. The minimum absolute atomic E-state index is 0.234. The summed E-state index contributed by atoms with van der Waals surface area (Å²) in [6.07, 6.45) is 1.74. The van der Waals surface area contributed by atoms with Crippen molar-refractivity contribution in [3.05, 3.63) is 48.7 Å². The smallest absolute Gasteiger partial charge is 0.162 e. The molecule has 0 fully saturated rings. The molecule has 1 aromatic heterocycles. The van der Waals surface area contributed by atoms with Crippen LogP contribution in [-0.2, 0) is 0 Å². The van der Waals surface area contributed by atoms with Gasteiger partial charge in [0, 0.05) is 17.6 Å². The fraction of sp³-hybridized carbons (Fsp3) is 0.118. The summed E-state index contributed by atoms with van der Waals surface area (Å²) in [5.74, 6) is 1.53. The van der Waals surface area contributed by atoms with Gasteiger partial charge in [-0.25, -0.2) is 0 Å². The largest absolute Gasteiger partial charge is 0.508 e. The van der Waals surface area contributed by atoms with E-state index in [0.29, 0.717) is 11.5 Å². The van der Waals surface area contributed by atoms with E-state index in [2.05, 4.69) is 4.98 Å². The summed E-state index contributed by atoms with van der Waals surface area (Å²) in [4.78, 5) is 4.38. The van der Waals surface area contributed by atoms with Crippen LogP contribution in [0.2, 0.25) is 0 Å². The molecule has 0 atom stereocenters. The van der Waals surface area contributed by atoms with Crippen molar-refractivity contribution in [2.75, 3.05) is 14.2 Å². The molecule has 0 saturated carbocycles. The number of pyridine rings is 1. The third kappa shape index (κ3) is 2.36. The summed E-state index contributed by atoms with van der Waals surface area (Å²) in [5, 5.41) is 10.6. The predicted molar refractivity (Wildman–Crippen MR) is 81.9 cm³/mol. The van der Waals surface area contributed by atoms with Crippen molar-refractivity contribution in [1.82, 2.24) is 4.98 Å². The van der Waals surface area contributed by atoms with Gasteiger partial charge >= 0.3 is 0 Å². The van der Waals surface area contributed by atoms with E-state index >= 15 is 0 Å². The lowest BCUT2D eigenvalue weighted by molar-refractivity contribution is 0.356. The minimum atomic E-state index is 0.234. The summed E-state index contributed by atoms with van der Waals surface area (Å²) in [5.41, 5.74) is 2.72.